The zero-order chi connectivity index (χ0) is 11.4. The predicted octanol–water partition coefficient (Wildman–Crippen LogP) is 3.79. The largest absolute Gasteiger partial charge is 0.508 e. The number of hydrogen-bond acceptors (Lipinski definition) is 1. The van der Waals surface area contributed by atoms with Crippen LogP contribution in [0.2, 0.25) is 0 Å². The Morgan fingerprint density at radius 3 is 1.88 bits per heavy atom. The van der Waals surface area contributed by atoms with Crippen LogP contribution in [0.5, 0.6) is 5.75 Å². The van der Waals surface area contributed by atoms with E-state index in [9.17, 15) is 5.11 Å². The van der Waals surface area contributed by atoms with Gasteiger partial charge in [0.1, 0.15) is 5.75 Å². The zero-order valence-corrected chi connectivity index (χ0v) is 9.06. The third kappa shape index (κ3) is 2.31. The van der Waals surface area contributed by atoms with Crippen LogP contribution >= 0.6 is 0 Å². The molecule has 1 nitrogen and oxygen atoms in total. The van der Waals surface area contributed by atoms with Crippen molar-refractivity contribution in [1.82, 2.24) is 0 Å². The molecule has 2 rings (SSSR count). The molecule has 0 saturated carbocycles. The Balaban J connectivity index is 2.27. The van der Waals surface area contributed by atoms with Crippen LogP contribution < -0.4 is 0 Å². The Morgan fingerprint density at radius 2 is 1.38 bits per heavy atom. The van der Waals surface area contributed by atoms with E-state index in [0.717, 1.165) is 17.5 Å². The second-order valence-corrected chi connectivity index (χ2v) is 3.74. The van der Waals surface area contributed by atoms with Crippen LogP contribution in [0.3, 0.4) is 0 Å². The lowest BCUT2D eigenvalue weighted by molar-refractivity contribution is 0.475. The molecule has 0 saturated heterocycles. The first-order valence-corrected chi connectivity index (χ1v) is 5.29. The standard InChI is InChI=1S/C15H14O/c1-2-3-12-4-6-13(7-5-12)14-8-10-15(16)11-9-14/h2,4-11,16H,1,3H2. The molecule has 0 spiro atoms. The molecule has 2 aromatic carbocycles. The van der Waals surface area contributed by atoms with Crippen LogP contribution in [0.1, 0.15) is 5.56 Å². The Labute approximate surface area is 95.7 Å². The minimum absolute atomic E-state index is 0.298. The molecular formula is C15H14O. The number of hydrogen-bond donors (Lipinski definition) is 1. The molecule has 0 aromatic heterocycles. The van der Waals surface area contributed by atoms with Crippen molar-refractivity contribution < 1.29 is 5.11 Å². The van der Waals surface area contributed by atoms with E-state index in [1.807, 2.05) is 18.2 Å². The van der Waals surface area contributed by atoms with Gasteiger partial charge in [0, 0.05) is 0 Å². The summed E-state index contributed by atoms with van der Waals surface area (Å²) in [6.07, 6.45) is 2.80. The molecule has 0 amide bonds. The van der Waals surface area contributed by atoms with Gasteiger partial charge in [-0.15, -0.1) is 6.58 Å². The molecule has 0 bridgehead atoms. The van der Waals surface area contributed by atoms with Gasteiger partial charge in [-0.05, 0) is 35.2 Å². The zero-order valence-electron chi connectivity index (χ0n) is 9.06. The molecule has 16 heavy (non-hydrogen) atoms. The molecule has 0 aliphatic carbocycles. The molecule has 80 valence electrons. The second-order valence-electron chi connectivity index (χ2n) is 3.74. The van der Waals surface area contributed by atoms with E-state index in [1.54, 1.807) is 12.1 Å². The van der Waals surface area contributed by atoms with E-state index < -0.39 is 0 Å². The lowest BCUT2D eigenvalue weighted by Gasteiger charge is -2.03. The van der Waals surface area contributed by atoms with E-state index >= 15 is 0 Å². The van der Waals surface area contributed by atoms with Crippen molar-refractivity contribution in [1.29, 1.82) is 0 Å². The third-order valence-corrected chi connectivity index (χ3v) is 2.53. The van der Waals surface area contributed by atoms with Crippen LogP contribution in [-0.4, -0.2) is 5.11 Å². The van der Waals surface area contributed by atoms with E-state index in [2.05, 4.69) is 30.8 Å². The van der Waals surface area contributed by atoms with Crippen molar-refractivity contribution in [2.24, 2.45) is 0 Å². The molecule has 2 aromatic rings. The maximum Gasteiger partial charge on any atom is 0.115 e. The summed E-state index contributed by atoms with van der Waals surface area (Å²) in [5.74, 6) is 0.298. The van der Waals surface area contributed by atoms with Crippen LogP contribution in [0.25, 0.3) is 11.1 Å². The lowest BCUT2D eigenvalue weighted by atomic mass is 10.0. The first-order chi connectivity index (χ1) is 7.79. The van der Waals surface area contributed by atoms with Gasteiger partial charge in [0.2, 0.25) is 0 Å². The minimum atomic E-state index is 0.298. The maximum atomic E-state index is 9.21. The van der Waals surface area contributed by atoms with Crippen molar-refractivity contribution in [3.63, 3.8) is 0 Å². The molecule has 0 unspecified atom stereocenters. The predicted molar refractivity (Wildman–Crippen MR) is 67.4 cm³/mol. The number of aromatic hydroxyl groups is 1. The van der Waals surface area contributed by atoms with Crippen LogP contribution in [0.4, 0.5) is 0 Å². The van der Waals surface area contributed by atoms with Gasteiger partial charge in [0.15, 0.2) is 0 Å². The number of phenolic OH excluding ortho intramolecular Hbond substituents is 1. The van der Waals surface area contributed by atoms with Crippen LogP contribution in [0.15, 0.2) is 61.2 Å². The van der Waals surface area contributed by atoms with Crippen molar-refractivity contribution in [3.05, 3.63) is 66.7 Å². The fraction of sp³-hybridized carbons (Fsp3) is 0.0667. The fourth-order valence-corrected chi connectivity index (χ4v) is 1.65. The maximum absolute atomic E-state index is 9.21. The van der Waals surface area contributed by atoms with E-state index in [0.29, 0.717) is 5.75 Å². The van der Waals surface area contributed by atoms with E-state index in [1.165, 1.54) is 5.56 Å². The first kappa shape index (κ1) is 10.5. The number of benzene rings is 2. The number of rotatable bonds is 3. The highest BCUT2D eigenvalue weighted by Gasteiger charge is 1.97. The summed E-state index contributed by atoms with van der Waals surface area (Å²) in [6.45, 7) is 3.72. The molecule has 1 N–H and O–H groups in total. The Hall–Kier alpha value is -2.02. The van der Waals surface area contributed by atoms with Crippen LogP contribution in [0, 0.1) is 0 Å². The van der Waals surface area contributed by atoms with Gasteiger partial charge in [-0.1, -0.05) is 42.5 Å². The summed E-state index contributed by atoms with van der Waals surface area (Å²) in [7, 11) is 0. The summed E-state index contributed by atoms with van der Waals surface area (Å²) in [6, 6.07) is 15.6. The third-order valence-electron chi connectivity index (χ3n) is 2.53. The Bertz CT molecular complexity index is 466. The highest BCUT2D eigenvalue weighted by atomic mass is 16.3. The summed E-state index contributed by atoms with van der Waals surface area (Å²) in [5, 5.41) is 9.21. The van der Waals surface area contributed by atoms with Crippen molar-refractivity contribution in [2.45, 2.75) is 6.42 Å². The van der Waals surface area contributed by atoms with E-state index in [-0.39, 0.29) is 0 Å². The molecule has 0 atom stereocenters. The Kier molecular flexibility index (Phi) is 3.06. The Morgan fingerprint density at radius 1 is 0.875 bits per heavy atom. The fourth-order valence-electron chi connectivity index (χ4n) is 1.65. The summed E-state index contributed by atoms with van der Waals surface area (Å²) < 4.78 is 0. The minimum Gasteiger partial charge on any atom is -0.508 e. The second kappa shape index (κ2) is 4.67. The normalized spacial score (nSPS) is 10.0. The molecule has 0 heterocycles. The molecule has 0 radical (unpaired) electrons. The van der Waals surface area contributed by atoms with E-state index in [4.69, 9.17) is 0 Å². The molecule has 0 fully saturated rings. The molecular weight excluding hydrogens is 196 g/mol. The van der Waals surface area contributed by atoms with Gasteiger partial charge in [0.25, 0.3) is 0 Å². The smallest absolute Gasteiger partial charge is 0.115 e. The van der Waals surface area contributed by atoms with Gasteiger partial charge in [0.05, 0.1) is 0 Å². The average Bonchev–Trinajstić information content (AvgIpc) is 2.32. The van der Waals surface area contributed by atoms with Crippen LogP contribution in [-0.2, 0) is 6.42 Å². The topological polar surface area (TPSA) is 20.2 Å². The van der Waals surface area contributed by atoms with Crippen molar-refractivity contribution in [2.75, 3.05) is 0 Å². The van der Waals surface area contributed by atoms with Crippen molar-refractivity contribution in [3.8, 4) is 16.9 Å². The first-order valence-electron chi connectivity index (χ1n) is 5.29. The average molecular weight is 210 g/mol. The quantitative estimate of drug-likeness (QED) is 0.764. The van der Waals surface area contributed by atoms with Gasteiger partial charge in [-0.25, -0.2) is 0 Å². The van der Waals surface area contributed by atoms with Gasteiger partial charge >= 0.3 is 0 Å². The lowest BCUT2D eigenvalue weighted by Crippen LogP contribution is -1.81. The molecule has 1 heteroatoms. The monoisotopic (exact) mass is 210 g/mol. The van der Waals surface area contributed by atoms with Gasteiger partial charge in [-0.2, -0.15) is 0 Å². The summed E-state index contributed by atoms with van der Waals surface area (Å²) in [5.41, 5.74) is 3.54. The summed E-state index contributed by atoms with van der Waals surface area (Å²) in [4.78, 5) is 0. The molecule has 0 aliphatic rings. The number of phenols is 1. The number of allylic oxidation sites excluding steroid dienone is 1. The van der Waals surface area contributed by atoms with Gasteiger partial charge < -0.3 is 5.11 Å². The highest BCUT2D eigenvalue weighted by Crippen LogP contribution is 2.22. The molecule has 0 aliphatic heterocycles. The SMILES string of the molecule is C=CCc1ccc(-c2ccc(O)cc2)cc1. The van der Waals surface area contributed by atoms with Crippen molar-refractivity contribution >= 4 is 0 Å². The summed E-state index contributed by atoms with van der Waals surface area (Å²) >= 11 is 0. The van der Waals surface area contributed by atoms with Gasteiger partial charge in [-0.3, -0.25) is 0 Å². The highest BCUT2D eigenvalue weighted by molar-refractivity contribution is 5.64.